The predicted molar refractivity (Wildman–Crippen MR) is 84.5 cm³/mol. The topological polar surface area (TPSA) is 38.3 Å². The van der Waals surface area contributed by atoms with Crippen LogP contribution in [0, 0.1) is 0 Å². The van der Waals surface area contributed by atoms with Gasteiger partial charge in [-0.05, 0) is 36.8 Å². The maximum absolute atomic E-state index is 12.0. The molecule has 0 aliphatic rings. The maximum atomic E-state index is 12.0. The normalized spacial score (nSPS) is 12.1. The van der Waals surface area contributed by atoms with Gasteiger partial charge in [0.1, 0.15) is 5.75 Å². The van der Waals surface area contributed by atoms with Crippen LogP contribution in [0.15, 0.2) is 66.9 Å². The van der Waals surface area contributed by atoms with Crippen LogP contribution in [0.1, 0.15) is 28.9 Å². The summed E-state index contributed by atoms with van der Waals surface area (Å²) in [5.41, 5.74) is 1.82. The monoisotopic (exact) mass is 281 g/mol. The standard InChI is InChI=1S/C18H19NO2/c1-14(15-6-4-3-5-7-15)19-13-12-18(20)16-8-10-17(21-2)11-9-16/h3-14,19H,1-2H3/b13-12+/t14-/m0/s1. The van der Waals surface area contributed by atoms with E-state index in [0.29, 0.717) is 5.56 Å². The Hall–Kier alpha value is -2.55. The lowest BCUT2D eigenvalue weighted by molar-refractivity contribution is 0.104. The van der Waals surface area contributed by atoms with Crippen molar-refractivity contribution in [2.24, 2.45) is 0 Å². The molecule has 3 heteroatoms. The fourth-order valence-corrected chi connectivity index (χ4v) is 1.96. The van der Waals surface area contributed by atoms with Crippen molar-refractivity contribution in [3.63, 3.8) is 0 Å². The Morgan fingerprint density at radius 2 is 1.76 bits per heavy atom. The number of ketones is 1. The van der Waals surface area contributed by atoms with E-state index in [1.165, 1.54) is 5.56 Å². The van der Waals surface area contributed by atoms with Crippen molar-refractivity contribution in [3.8, 4) is 5.75 Å². The summed E-state index contributed by atoms with van der Waals surface area (Å²) in [5.74, 6) is 0.705. The van der Waals surface area contributed by atoms with Crippen LogP contribution >= 0.6 is 0 Å². The number of carbonyl (C=O) groups excluding carboxylic acids is 1. The Morgan fingerprint density at radius 3 is 2.38 bits per heavy atom. The van der Waals surface area contributed by atoms with Crippen LogP contribution < -0.4 is 10.1 Å². The van der Waals surface area contributed by atoms with E-state index in [9.17, 15) is 4.79 Å². The number of hydrogen-bond acceptors (Lipinski definition) is 3. The highest BCUT2D eigenvalue weighted by Gasteiger charge is 2.03. The SMILES string of the molecule is COc1ccc(C(=O)/C=C/N[C@@H](C)c2ccccc2)cc1. The second kappa shape index (κ2) is 7.29. The van der Waals surface area contributed by atoms with Crippen LogP contribution in [0.2, 0.25) is 0 Å². The molecule has 1 N–H and O–H groups in total. The summed E-state index contributed by atoms with van der Waals surface area (Å²) in [4.78, 5) is 12.0. The van der Waals surface area contributed by atoms with Gasteiger partial charge in [-0.3, -0.25) is 4.79 Å². The number of ether oxygens (including phenoxy) is 1. The van der Waals surface area contributed by atoms with Crippen molar-refractivity contribution in [2.45, 2.75) is 13.0 Å². The molecule has 108 valence electrons. The molecule has 0 spiro atoms. The first-order chi connectivity index (χ1) is 10.2. The largest absolute Gasteiger partial charge is 0.497 e. The molecule has 2 rings (SSSR count). The minimum Gasteiger partial charge on any atom is -0.497 e. The lowest BCUT2D eigenvalue weighted by Crippen LogP contribution is -2.12. The number of benzene rings is 2. The van der Waals surface area contributed by atoms with Crippen molar-refractivity contribution in [2.75, 3.05) is 7.11 Å². The highest BCUT2D eigenvalue weighted by atomic mass is 16.5. The zero-order valence-electron chi connectivity index (χ0n) is 12.2. The number of methoxy groups -OCH3 is 1. The van der Waals surface area contributed by atoms with Crippen LogP contribution in [0.4, 0.5) is 0 Å². The molecular weight excluding hydrogens is 262 g/mol. The van der Waals surface area contributed by atoms with Gasteiger partial charge in [0.05, 0.1) is 7.11 Å². The van der Waals surface area contributed by atoms with Gasteiger partial charge >= 0.3 is 0 Å². The summed E-state index contributed by atoms with van der Waals surface area (Å²) in [6.07, 6.45) is 3.24. The first-order valence-electron chi connectivity index (χ1n) is 6.86. The number of rotatable bonds is 6. The van der Waals surface area contributed by atoms with Crippen LogP contribution in [0.5, 0.6) is 5.75 Å². The Bertz CT molecular complexity index is 603. The van der Waals surface area contributed by atoms with Crippen LogP contribution in [-0.4, -0.2) is 12.9 Å². The van der Waals surface area contributed by atoms with E-state index in [4.69, 9.17) is 4.74 Å². The van der Waals surface area contributed by atoms with E-state index in [1.807, 2.05) is 18.2 Å². The van der Waals surface area contributed by atoms with Crippen molar-refractivity contribution in [1.82, 2.24) is 5.32 Å². The Balaban J connectivity index is 1.92. The molecule has 3 nitrogen and oxygen atoms in total. The third-order valence-corrected chi connectivity index (χ3v) is 3.26. The zero-order valence-corrected chi connectivity index (χ0v) is 12.2. The van der Waals surface area contributed by atoms with Crippen molar-refractivity contribution >= 4 is 5.78 Å². The molecule has 0 saturated carbocycles. The summed E-state index contributed by atoms with van der Waals surface area (Å²) >= 11 is 0. The molecular formula is C18H19NO2. The maximum Gasteiger partial charge on any atom is 0.187 e. The Kier molecular flexibility index (Phi) is 5.16. The first-order valence-corrected chi connectivity index (χ1v) is 6.86. The molecule has 0 aliphatic heterocycles. The van der Waals surface area contributed by atoms with Gasteiger partial charge in [0.15, 0.2) is 5.78 Å². The highest BCUT2D eigenvalue weighted by molar-refractivity contribution is 6.04. The number of carbonyl (C=O) groups is 1. The average Bonchev–Trinajstić information content (AvgIpc) is 2.55. The molecule has 2 aromatic rings. The molecule has 0 unspecified atom stereocenters. The van der Waals surface area contributed by atoms with E-state index in [2.05, 4.69) is 24.4 Å². The summed E-state index contributed by atoms with van der Waals surface area (Å²) in [5, 5.41) is 3.20. The molecule has 0 amide bonds. The fourth-order valence-electron chi connectivity index (χ4n) is 1.96. The van der Waals surface area contributed by atoms with Gasteiger partial charge in [0, 0.05) is 23.9 Å². The highest BCUT2D eigenvalue weighted by Crippen LogP contribution is 2.13. The van der Waals surface area contributed by atoms with Crippen LogP contribution in [0.3, 0.4) is 0 Å². The summed E-state index contributed by atoms with van der Waals surface area (Å²) in [6, 6.07) is 17.3. The molecule has 21 heavy (non-hydrogen) atoms. The van der Waals surface area contributed by atoms with Crippen molar-refractivity contribution in [3.05, 3.63) is 78.0 Å². The van der Waals surface area contributed by atoms with Gasteiger partial charge in [-0.25, -0.2) is 0 Å². The number of nitrogens with one attached hydrogen (secondary N) is 1. The van der Waals surface area contributed by atoms with Gasteiger partial charge in [0.25, 0.3) is 0 Å². The third kappa shape index (κ3) is 4.21. The molecule has 0 heterocycles. The second-order valence-corrected chi connectivity index (χ2v) is 4.73. The molecule has 0 saturated heterocycles. The molecule has 0 aliphatic carbocycles. The average molecular weight is 281 g/mol. The summed E-state index contributed by atoms with van der Waals surface area (Å²) in [6.45, 7) is 2.05. The molecule has 0 bridgehead atoms. The summed E-state index contributed by atoms with van der Waals surface area (Å²) < 4.78 is 5.07. The zero-order chi connectivity index (χ0) is 15.1. The van der Waals surface area contributed by atoms with Crippen molar-refractivity contribution < 1.29 is 9.53 Å². The van der Waals surface area contributed by atoms with Gasteiger partial charge in [-0.2, -0.15) is 0 Å². The minimum atomic E-state index is -0.0367. The Labute approximate surface area is 125 Å². The molecule has 0 fully saturated rings. The smallest absolute Gasteiger partial charge is 0.187 e. The van der Waals surface area contributed by atoms with Crippen LogP contribution in [-0.2, 0) is 0 Å². The third-order valence-electron chi connectivity index (χ3n) is 3.26. The second-order valence-electron chi connectivity index (χ2n) is 4.73. The quantitative estimate of drug-likeness (QED) is 0.647. The lowest BCUT2D eigenvalue weighted by atomic mass is 10.1. The molecule has 0 aromatic heterocycles. The van der Waals surface area contributed by atoms with Gasteiger partial charge < -0.3 is 10.1 Å². The predicted octanol–water partition coefficient (Wildman–Crippen LogP) is 3.74. The minimum absolute atomic E-state index is 0.0367. The van der Waals surface area contributed by atoms with Gasteiger partial charge in [-0.15, -0.1) is 0 Å². The lowest BCUT2D eigenvalue weighted by Gasteiger charge is -2.11. The number of hydrogen-bond donors (Lipinski definition) is 1. The van der Waals surface area contributed by atoms with E-state index < -0.39 is 0 Å². The number of allylic oxidation sites excluding steroid dienone is 1. The Morgan fingerprint density at radius 1 is 1.10 bits per heavy atom. The van der Waals surface area contributed by atoms with Crippen LogP contribution in [0.25, 0.3) is 0 Å². The van der Waals surface area contributed by atoms with Gasteiger partial charge in [-0.1, -0.05) is 30.3 Å². The molecule has 0 radical (unpaired) electrons. The summed E-state index contributed by atoms with van der Waals surface area (Å²) in [7, 11) is 1.60. The molecule has 1 atom stereocenters. The van der Waals surface area contributed by atoms with E-state index in [0.717, 1.165) is 5.75 Å². The first kappa shape index (κ1) is 14.9. The van der Waals surface area contributed by atoms with Gasteiger partial charge in [0.2, 0.25) is 0 Å². The van der Waals surface area contributed by atoms with E-state index >= 15 is 0 Å². The fraction of sp³-hybridized carbons (Fsp3) is 0.167. The van der Waals surface area contributed by atoms with Crippen molar-refractivity contribution in [1.29, 1.82) is 0 Å². The van der Waals surface area contributed by atoms with E-state index in [-0.39, 0.29) is 11.8 Å². The molecule has 2 aromatic carbocycles. The van der Waals surface area contributed by atoms with E-state index in [1.54, 1.807) is 43.7 Å².